The SMILES string of the molecule is CC(OP(C)(=O)OCc1c(F)c(F)c(F)c(F)c1F)C(C)(C)C. The molecule has 0 bridgehead atoms. The van der Waals surface area contributed by atoms with Crippen LogP contribution in [0, 0.1) is 34.5 Å². The monoisotopic (exact) mass is 360 g/mol. The van der Waals surface area contributed by atoms with E-state index < -0.39 is 55.0 Å². The van der Waals surface area contributed by atoms with Gasteiger partial charge >= 0.3 is 7.60 Å². The molecule has 0 aliphatic carbocycles. The molecule has 0 amide bonds. The quantitative estimate of drug-likeness (QED) is 0.314. The van der Waals surface area contributed by atoms with E-state index >= 15 is 0 Å². The second-order valence-electron chi connectivity index (χ2n) is 6.21. The number of halogens is 5. The summed E-state index contributed by atoms with van der Waals surface area (Å²) >= 11 is 0. The molecule has 2 unspecified atom stereocenters. The van der Waals surface area contributed by atoms with E-state index in [4.69, 9.17) is 9.05 Å². The highest BCUT2D eigenvalue weighted by Gasteiger charge is 2.31. The zero-order valence-electron chi connectivity index (χ0n) is 13.3. The predicted octanol–water partition coefficient (Wildman–Crippen LogP) is 5.17. The van der Waals surface area contributed by atoms with Gasteiger partial charge in [0.2, 0.25) is 5.82 Å². The summed E-state index contributed by atoms with van der Waals surface area (Å²) in [5.41, 5.74) is -1.59. The Morgan fingerprint density at radius 2 is 1.35 bits per heavy atom. The first-order chi connectivity index (χ1) is 10.3. The molecule has 9 heteroatoms. The van der Waals surface area contributed by atoms with Crippen molar-refractivity contribution in [3.63, 3.8) is 0 Å². The molecule has 0 heterocycles. The van der Waals surface area contributed by atoms with Gasteiger partial charge in [-0.05, 0) is 12.3 Å². The fourth-order valence-corrected chi connectivity index (χ4v) is 2.75. The van der Waals surface area contributed by atoms with Crippen molar-refractivity contribution in [2.24, 2.45) is 5.41 Å². The van der Waals surface area contributed by atoms with Crippen molar-refractivity contribution in [1.29, 1.82) is 0 Å². The molecule has 1 aromatic rings. The van der Waals surface area contributed by atoms with Crippen LogP contribution >= 0.6 is 7.60 Å². The lowest BCUT2D eigenvalue weighted by atomic mass is 9.91. The van der Waals surface area contributed by atoms with Crippen LogP contribution in [0.5, 0.6) is 0 Å². The van der Waals surface area contributed by atoms with Crippen LogP contribution in [0.4, 0.5) is 22.0 Å². The van der Waals surface area contributed by atoms with Crippen molar-refractivity contribution >= 4 is 7.60 Å². The van der Waals surface area contributed by atoms with E-state index in [1.807, 2.05) is 20.8 Å². The van der Waals surface area contributed by atoms with Crippen molar-refractivity contribution in [3.05, 3.63) is 34.6 Å². The number of rotatable bonds is 5. The van der Waals surface area contributed by atoms with Crippen molar-refractivity contribution in [2.75, 3.05) is 6.66 Å². The largest absolute Gasteiger partial charge is 0.328 e. The van der Waals surface area contributed by atoms with Crippen molar-refractivity contribution < 1.29 is 35.6 Å². The Balaban J connectivity index is 2.97. The maximum Gasteiger partial charge on any atom is 0.328 e. The third kappa shape index (κ3) is 4.75. The van der Waals surface area contributed by atoms with E-state index in [1.54, 1.807) is 6.92 Å². The Kier molecular flexibility index (Phi) is 5.99. The van der Waals surface area contributed by atoms with Gasteiger partial charge in [-0.1, -0.05) is 20.8 Å². The number of hydrogen-bond acceptors (Lipinski definition) is 3. The summed E-state index contributed by atoms with van der Waals surface area (Å²) in [5, 5.41) is 0. The molecule has 0 aromatic heterocycles. The van der Waals surface area contributed by atoms with Crippen molar-refractivity contribution in [3.8, 4) is 0 Å². The molecule has 0 saturated heterocycles. The van der Waals surface area contributed by atoms with Gasteiger partial charge in [0, 0.05) is 6.66 Å². The van der Waals surface area contributed by atoms with Gasteiger partial charge in [0.05, 0.1) is 18.3 Å². The van der Waals surface area contributed by atoms with Crippen LogP contribution in [-0.4, -0.2) is 12.8 Å². The van der Waals surface area contributed by atoms with Crippen LogP contribution in [0.15, 0.2) is 0 Å². The summed E-state index contributed by atoms with van der Waals surface area (Å²) in [7, 11) is -3.76. The summed E-state index contributed by atoms with van der Waals surface area (Å²) in [6.45, 7) is 7.03. The third-order valence-electron chi connectivity index (χ3n) is 3.31. The van der Waals surface area contributed by atoms with Gasteiger partial charge in [-0.15, -0.1) is 0 Å². The third-order valence-corrected chi connectivity index (χ3v) is 4.61. The summed E-state index contributed by atoms with van der Waals surface area (Å²) in [6, 6.07) is 0. The summed E-state index contributed by atoms with van der Waals surface area (Å²) < 4.78 is 88.2. The van der Waals surface area contributed by atoms with Gasteiger partial charge in [0.15, 0.2) is 23.3 Å². The molecule has 132 valence electrons. The molecular weight excluding hydrogens is 342 g/mol. The molecule has 1 aromatic carbocycles. The van der Waals surface area contributed by atoms with Crippen LogP contribution < -0.4 is 0 Å². The second kappa shape index (κ2) is 6.87. The Labute approximate surface area is 131 Å². The number of benzene rings is 1. The minimum atomic E-state index is -3.76. The molecule has 0 saturated carbocycles. The fourth-order valence-electron chi connectivity index (χ4n) is 1.43. The molecule has 0 radical (unpaired) electrons. The average Bonchev–Trinajstić information content (AvgIpc) is 2.41. The van der Waals surface area contributed by atoms with Crippen LogP contribution in [0.2, 0.25) is 0 Å². The summed E-state index contributed by atoms with van der Waals surface area (Å²) in [5.74, 6) is -10.5. The van der Waals surface area contributed by atoms with E-state index in [1.165, 1.54) is 0 Å². The molecule has 23 heavy (non-hydrogen) atoms. The maximum atomic E-state index is 13.5. The van der Waals surface area contributed by atoms with Gasteiger partial charge < -0.3 is 9.05 Å². The highest BCUT2D eigenvalue weighted by atomic mass is 31.2. The van der Waals surface area contributed by atoms with Crippen molar-refractivity contribution in [2.45, 2.75) is 40.4 Å². The van der Waals surface area contributed by atoms with Crippen LogP contribution in [-0.2, 0) is 20.2 Å². The molecule has 0 spiro atoms. The van der Waals surface area contributed by atoms with Crippen molar-refractivity contribution in [1.82, 2.24) is 0 Å². The zero-order chi connectivity index (χ0) is 18.2. The van der Waals surface area contributed by atoms with Gasteiger partial charge in [-0.2, -0.15) is 0 Å². The maximum absolute atomic E-state index is 13.5. The van der Waals surface area contributed by atoms with E-state index in [2.05, 4.69) is 0 Å². The first-order valence-corrected chi connectivity index (χ1v) is 8.67. The van der Waals surface area contributed by atoms with E-state index in [9.17, 15) is 26.5 Å². The lowest BCUT2D eigenvalue weighted by Gasteiger charge is -2.29. The minimum absolute atomic E-state index is 0.389. The predicted molar refractivity (Wildman–Crippen MR) is 74.6 cm³/mol. The molecule has 0 fully saturated rings. The van der Waals surface area contributed by atoms with E-state index in [0.29, 0.717) is 0 Å². The molecule has 0 aliphatic heterocycles. The molecule has 2 atom stereocenters. The van der Waals surface area contributed by atoms with Gasteiger partial charge in [-0.25, -0.2) is 22.0 Å². The Hall–Kier alpha value is -0.980. The standard InChI is InChI=1S/C14H18F5O3P/c1-7(14(2,3)4)22-23(5,20)21-6-8-9(15)11(17)13(19)12(18)10(8)16/h7H,6H2,1-5H3. The highest BCUT2D eigenvalue weighted by Crippen LogP contribution is 2.48. The normalized spacial score (nSPS) is 16.3. The van der Waals surface area contributed by atoms with Gasteiger partial charge in [-0.3, -0.25) is 4.57 Å². The lowest BCUT2D eigenvalue weighted by molar-refractivity contribution is 0.0773. The minimum Gasteiger partial charge on any atom is -0.305 e. The van der Waals surface area contributed by atoms with Crippen LogP contribution in [0.1, 0.15) is 33.3 Å². The summed E-state index contributed by atoms with van der Waals surface area (Å²) in [4.78, 5) is 0. The molecule has 3 nitrogen and oxygen atoms in total. The van der Waals surface area contributed by atoms with Crippen LogP contribution in [0.3, 0.4) is 0 Å². The first kappa shape index (κ1) is 20.1. The molecule has 0 N–H and O–H groups in total. The highest BCUT2D eigenvalue weighted by molar-refractivity contribution is 7.52. The first-order valence-electron chi connectivity index (χ1n) is 6.68. The lowest BCUT2D eigenvalue weighted by Crippen LogP contribution is -2.25. The zero-order valence-corrected chi connectivity index (χ0v) is 14.2. The Bertz CT molecular complexity index is 613. The Morgan fingerprint density at radius 1 is 0.957 bits per heavy atom. The fraction of sp³-hybridized carbons (Fsp3) is 0.571. The Morgan fingerprint density at radius 3 is 1.74 bits per heavy atom. The molecule has 0 aliphatic rings. The second-order valence-corrected chi connectivity index (χ2v) is 8.22. The van der Waals surface area contributed by atoms with E-state index in [0.717, 1.165) is 6.66 Å². The summed E-state index contributed by atoms with van der Waals surface area (Å²) in [6.07, 6.45) is -0.533. The van der Waals surface area contributed by atoms with Crippen LogP contribution in [0.25, 0.3) is 0 Å². The van der Waals surface area contributed by atoms with Gasteiger partial charge in [0.25, 0.3) is 0 Å². The molecular formula is C14H18F5O3P. The molecule has 1 rings (SSSR count). The van der Waals surface area contributed by atoms with E-state index in [-0.39, 0.29) is 5.41 Å². The smallest absolute Gasteiger partial charge is 0.305 e. The topological polar surface area (TPSA) is 35.5 Å². The van der Waals surface area contributed by atoms with Gasteiger partial charge in [0.1, 0.15) is 0 Å². The number of hydrogen-bond donors (Lipinski definition) is 0. The average molecular weight is 360 g/mol.